The van der Waals surface area contributed by atoms with Gasteiger partial charge in [0.1, 0.15) is 0 Å². The topological polar surface area (TPSA) is 89.6 Å². The van der Waals surface area contributed by atoms with E-state index in [1.807, 2.05) is 12.1 Å². The van der Waals surface area contributed by atoms with E-state index in [9.17, 15) is 13.5 Å². The molecule has 0 spiro atoms. The molecule has 0 aliphatic rings. The van der Waals surface area contributed by atoms with Gasteiger partial charge in [0.15, 0.2) is 0 Å². The van der Waals surface area contributed by atoms with Crippen LogP contribution in [0.5, 0.6) is 5.75 Å². The fraction of sp³-hybridized carbons (Fsp3) is 0.158. The Bertz CT molecular complexity index is 990. The monoisotopic (exact) mass is 487 g/mol. The van der Waals surface area contributed by atoms with Crippen molar-refractivity contribution >= 4 is 45.3 Å². The van der Waals surface area contributed by atoms with E-state index >= 15 is 0 Å². The molecular formula is C19H19NO4STe. The molecule has 0 radical (unpaired) electrons. The predicted octanol–water partition coefficient (Wildman–Crippen LogP) is 1.67. The zero-order valence-corrected chi connectivity index (χ0v) is 17.1. The molecule has 0 aliphatic carbocycles. The second-order valence-electron chi connectivity index (χ2n) is 5.80. The molecule has 1 atom stereocenters. The third kappa shape index (κ3) is 5.19. The quantitative estimate of drug-likeness (QED) is 0.499. The fourth-order valence-corrected chi connectivity index (χ4v) is 5.37. The Morgan fingerprint density at radius 1 is 1.00 bits per heavy atom. The SMILES string of the molecule is NS(=O)(=O)c1ccc(OCC(O)C[Te]c2ccc3ccccc3c2)cc1. The summed E-state index contributed by atoms with van der Waals surface area (Å²) >= 11 is -0.512. The van der Waals surface area contributed by atoms with Gasteiger partial charge in [0.25, 0.3) is 0 Å². The van der Waals surface area contributed by atoms with Crippen LogP contribution >= 0.6 is 0 Å². The maximum absolute atomic E-state index is 11.2. The van der Waals surface area contributed by atoms with Crippen LogP contribution in [0.25, 0.3) is 10.8 Å². The van der Waals surface area contributed by atoms with Crippen LogP contribution < -0.4 is 13.5 Å². The zero-order valence-electron chi connectivity index (χ0n) is 13.9. The predicted molar refractivity (Wildman–Crippen MR) is 103 cm³/mol. The molecular weight excluding hydrogens is 466 g/mol. The van der Waals surface area contributed by atoms with Gasteiger partial charge in [0.05, 0.1) is 0 Å². The molecule has 0 bridgehead atoms. The Morgan fingerprint density at radius 3 is 2.38 bits per heavy atom. The number of hydrogen-bond donors (Lipinski definition) is 2. The van der Waals surface area contributed by atoms with E-state index in [0.29, 0.717) is 10.2 Å². The molecule has 136 valence electrons. The van der Waals surface area contributed by atoms with Gasteiger partial charge >= 0.3 is 163 Å². The molecule has 0 saturated heterocycles. The molecule has 0 saturated carbocycles. The van der Waals surface area contributed by atoms with Crippen molar-refractivity contribution in [3.05, 3.63) is 66.7 Å². The average Bonchev–Trinajstić information content (AvgIpc) is 2.64. The molecule has 0 heterocycles. The molecule has 0 fully saturated rings. The number of aliphatic hydroxyl groups excluding tert-OH is 1. The molecule has 0 aliphatic heterocycles. The van der Waals surface area contributed by atoms with Gasteiger partial charge in [-0.25, -0.2) is 0 Å². The van der Waals surface area contributed by atoms with Crippen LogP contribution in [0, 0.1) is 0 Å². The van der Waals surface area contributed by atoms with Crippen LogP contribution in [0.15, 0.2) is 71.6 Å². The standard InChI is InChI=1S/C19H19NO4STe/c20-25(22,23)18-8-6-17(7-9-18)24-12-16(21)13-26-19-10-5-14-3-1-2-4-15(14)11-19/h1-11,16,21H,12-13H2,(H2,20,22,23). The van der Waals surface area contributed by atoms with Crippen molar-refractivity contribution in [1.82, 2.24) is 0 Å². The van der Waals surface area contributed by atoms with E-state index in [-0.39, 0.29) is 11.5 Å². The van der Waals surface area contributed by atoms with Gasteiger partial charge in [-0.05, 0) is 0 Å². The van der Waals surface area contributed by atoms with Gasteiger partial charge < -0.3 is 0 Å². The molecule has 3 N–H and O–H groups in total. The van der Waals surface area contributed by atoms with Gasteiger partial charge in [-0.2, -0.15) is 0 Å². The number of sulfonamides is 1. The van der Waals surface area contributed by atoms with Crippen LogP contribution in [-0.2, 0) is 10.0 Å². The zero-order chi connectivity index (χ0) is 18.6. The Balaban J connectivity index is 1.51. The summed E-state index contributed by atoms with van der Waals surface area (Å²) < 4.78 is 30.0. The number of ether oxygens (including phenoxy) is 1. The molecule has 3 aromatic rings. The summed E-state index contributed by atoms with van der Waals surface area (Å²) in [5.74, 6) is 0.503. The minimum atomic E-state index is -3.71. The van der Waals surface area contributed by atoms with E-state index in [2.05, 4.69) is 30.3 Å². The summed E-state index contributed by atoms with van der Waals surface area (Å²) in [5, 5.41) is 17.7. The summed E-state index contributed by atoms with van der Waals surface area (Å²) in [6, 6.07) is 20.5. The summed E-state index contributed by atoms with van der Waals surface area (Å²) in [4.78, 5) is 0.0358. The van der Waals surface area contributed by atoms with Crippen molar-refractivity contribution in [3.63, 3.8) is 0 Å². The summed E-state index contributed by atoms with van der Waals surface area (Å²) in [6.07, 6.45) is -0.554. The van der Waals surface area contributed by atoms with Crippen LogP contribution in [0.4, 0.5) is 0 Å². The Hall–Kier alpha value is -1.62. The molecule has 0 aromatic heterocycles. The van der Waals surface area contributed by atoms with Crippen LogP contribution in [-0.4, -0.2) is 47.2 Å². The van der Waals surface area contributed by atoms with Gasteiger partial charge in [0, 0.05) is 0 Å². The first kappa shape index (κ1) is 19.1. The van der Waals surface area contributed by atoms with Gasteiger partial charge in [-0.1, -0.05) is 0 Å². The number of fused-ring (bicyclic) bond motifs is 1. The number of primary sulfonamides is 1. The van der Waals surface area contributed by atoms with E-state index in [4.69, 9.17) is 9.88 Å². The van der Waals surface area contributed by atoms with Crippen LogP contribution in [0.2, 0.25) is 4.47 Å². The first-order valence-electron chi connectivity index (χ1n) is 7.97. The Kier molecular flexibility index (Phi) is 6.17. The van der Waals surface area contributed by atoms with Gasteiger partial charge in [-0.15, -0.1) is 0 Å². The van der Waals surface area contributed by atoms with Crippen LogP contribution in [0.1, 0.15) is 0 Å². The molecule has 5 nitrogen and oxygen atoms in total. The van der Waals surface area contributed by atoms with E-state index in [1.54, 1.807) is 0 Å². The van der Waals surface area contributed by atoms with Crippen molar-refractivity contribution in [3.8, 4) is 5.75 Å². The fourth-order valence-electron chi connectivity index (χ4n) is 2.42. The van der Waals surface area contributed by atoms with Crippen molar-refractivity contribution in [2.75, 3.05) is 6.61 Å². The molecule has 1 unspecified atom stereocenters. The van der Waals surface area contributed by atoms with Crippen LogP contribution in [0.3, 0.4) is 0 Å². The second-order valence-corrected chi connectivity index (χ2v) is 10.5. The van der Waals surface area contributed by atoms with E-state index in [1.165, 1.54) is 38.6 Å². The van der Waals surface area contributed by atoms with Crippen molar-refractivity contribution in [2.24, 2.45) is 5.14 Å². The number of benzene rings is 3. The Morgan fingerprint density at radius 2 is 1.69 bits per heavy atom. The molecule has 3 aromatic carbocycles. The van der Waals surface area contributed by atoms with Crippen molar-refractivity contribution < 1.29 is 18.3 Å². The maximum atomic E-state index is 11.2. The first-order valence-corrected chi connectivity index (χ1v) is 12.3. The van der Waals surface area contributed by atoms with Gasteiger partial charge in [-0.3, -0.25) is 0 Å². The molecule has 3 rings (SSSR count). The van der Waals surface area contributed by atoms with E-state index < -0.39 is 37.1 Å². The van der Waals surface area contributed by atoms with Crippen molar-refractivity contribution in [1.29, 1.82) is 0 Å². The van der Waals surface area contributed by atoms with Gasteiger partial charge in [0.2, 0.25) is 0 Å². The third-order valence-corrected chi connectivity index (χ3v) is 7.94. The minimum absolute atomic E-state index is 0.0358. The number of nitrogens with two attached hydrogens (primary N) is 1. The normalized spacial score (nSPS) is 12.8. The second kappa shape index (κ2) is 8.38. The molecule has 0 amide bonds. The summed E-state index contributed by atoms with van der Waals surface area (Å²) in [5.41, 5.74) is 0. The molecule has 26 heavy (non-hydrogen) atoms. The Labute approximate surface area is 162 Å². The van der Waals surface area contributed by atoms with E-state index in [0.717, 1.165) is 0 Å². The average molecular weight is 485 g/mol. The summed E-state index contributed by atoms with van der Waals surface area (Å²) in [7, 11) is -3.71. The molecule has 7 heteroatoms. The third-order valence-electron chi connectivity index (χ3n) is 3.76. The first-order chi connectivity index (χ1) is 12.4. The summed E-state index contributed by atoms with van der Waals surface area (Å²) in [6.45, 7) is 0.174. The number of aliphatic hydroxyl groups is 1. The number of hydrogen-bond acceptors (Lipinski definition) is 4. The van der Waals surface area contributed by atoms with Crippen molar-refractivity contribution in [2.45, 2.75) is 15.5 Å². The number of rotatable bonds is 7.